The molecule has 0 saturated heterocycles. The molecule has 2 aromatic carbocycles. The molecule has 0 fully saturated rings. The van der Waals surface area contributed by atoms with Crippen molar-refractivity contribution in [1.82, 2.24) is 4.57 Å². The molecule has 0 aliphatic carbocycles. The van der Waals surface area contributed by atoms with E-state index in [0.29, 0.717) is 0 Å². The minimum Gasteiger partial charge on any atom is -0.324 e. The number of aryl methyl sites for hydroxylation is 1. The maximum atomic E-state index is 12.0. The predicted octanol–water partition coefficient (Wildman–Crippen LogP) is 4.68. The molecule has 0 unspecified atom stereocenters. The van der Waals surface area contributed by atoms with Gasteiger partial charge in [0.25, 0.3) is 0 Å². The molecule has 0 saturated carbocycles. The maximum Gasteiger partial charge on any atom is 0.323 e. The minimum atomic E-state index is -0.247. The third-order valence-corrected chi connectivity index (χ3v) is 3.65. The van der Waals surface area contributed by atoms with Crippen LogP contribution in [0.3, 0.4) is 0 Å². The summed E-state index contributed by atoms with van der Waals surface area (Å²) in [5.41, 5.74) is 3.83. The summed E-state index contributed by atoms with van der Waals surface area (Å²) in [5.74, 6) is 0. The zero-order valence-electron chi connectivity index (χ0n) is 13.0. The molecule has 4 heteroatoms. The summed E-state index contributed by atoms with van der Waals surface area (Å²) in [7, 11) is 0. The van der Waals surface area contributed by atoms with Gasteiger partial charge < -0.3 is 15.2 Å². The summed E-state index contributed by atoms with van der Waals surface area (Å²) in [6.45, 7) is 2.10. The second kappa shape index (κ2) is 6.83. The van der Waals surface area contributed by atoms with Crippen molar-refractivity contribution in [3.63, 3.8) is 0 Å². The number of nitrogens with one attached hydrogen (secondary N) is 2. The zero-order valence-corrected chi connectivity index (χ0v) is 13.0. The van der Waals surface area contributed by atoms with Crippen LogP contribution in [-0.2, 0) is 6.42 Å². The van der Waals surface area contributed by atoms with Crippen LogP contribution in [0.4, 0.5) is 16.2 Å². The van der Waals surface area contributed by atoms with Crippen molar-refractivity contribution >= 4 is 17.4 Å². The van der Waals surface area contributed by atoms with E-state index < -0.39 is 0 Å². The second-order valence-electron chi connectivity index (χ2n) is 5.27. The molecule has 3 aromatic rings. The molecule has 0 aliphatic rings. The molecule has 0 aliphatic heterocycles. The van der Waals surface area contributed by atoms with Gasteiger partial charge in [0.2, 0.25) is 0 Å². The minimum absolute atomic E-state index is 0.247. The van der Waals surface area contributed by atoms with E-state index in [0.717, 1.165) is 23.5 Å². The molecule has 2 N–H and O–H groups in total. The SMILES string of the molecule is CCc1ccc(NC(=O)Nc2ccc(-n3cccc3)cc2)cc1. The molecular weight excluding hydrogens is 286 g/mol. The number of urea groups is 1. The van der Waals surface area contributed by atoms with Crippen LogP contribution in [0.1, 0.15) is 12.5 Å². The van der Waals surface area contributed by atoms with Gasteiger partial charge in [0.15, 0.2) is 0 Å². The number of hydrogen-bond acceptors (Lipinski definition) is 1. The maximum absolute atomic E-state index is 12.0. The lowest BCUT2D eigenvalue weighted by molar-refractivity contribution is 0.262. The lowest BCUT2D eigenvalue weighted by atomic mass is 10.1. The second-order valence-corrected chi connectivity index (χ2v) is 5.27. The van der Waals surface area contributed by atoms with Gasteiger partial charge in [0, 0.05) is 29.5 Å². The highest BCUT2D eigenvalue weighted by atomic mass is 16.2. The smallest absolute Gasteiger partial charge is 0.323 e. The molecule has 0 radical (unpaired) electrons. The Morgan fingerprint density at radius 3 is 1.91 bits per heavy atom. The first-order valence-corrected chi connectivity index (χ1v) is 7.65. The van der Waals surface area contributed by atoms with Crippen molar-refractivity contribution in [2.45, 2.75) is 13.3 Å². The molecule has 3 rings (SSSR count). The van der Waals surface area contributed by atoms with E-state index in [1.54, 1.807) is 0 Å². The van der Waals surface area contributed by atoms with E-state index in [9.17, 15) is 4.79 Å². The summed E-state index contributed by atoms with van der Waals surface area (Å²) < 4.78 is 2.01. The highest BCUT2D eigenvalue weighted by molar-refractivity contribution is 5.99. The van der Waals surface area contributed by atoms with Crippen LogP contribution in [0.15, 0.2) is 73.1 Å². The standard InChI is InChI=1S/C19H19N3O/c1-2-15-5-7-16(8-6-15)20-19(23)21-17-9-11-18(12-10-17)22-13-3-4-14-22/h3-14H,2H2,1H3,(H2,20,21,23). The highest BCUT2D eigenvalue weighted by Crippen LogP contribution is 2.15. The number of anilines is 2. The van der Waals surface area contributed by atoms with E-state index in [1.807, 2.05) is 77.6 Å². The number of benzene rings is 2. The van der Waals surface area contributed by atoms with Gasteiger partial charge in [-0.05, 0) is 60.5 Å². The average molecular weight is 305 g/mol. The predicted molar refractivity (Wildman–Crippen MR) is 94.2 cm³/mol. The Bertz CT molecular complexity index is 759. The Balaban J connectivity index is 1.61. The molecule has 0 atom stereocenters. The Morgan fingerprint density at radius 2 is 1.39 bits per heavy atom. The van der Waals surface area contributed by atoms with Crippen LogP contribution in [0.2, 0.25) is 0 Å². The Labute approximate surface area is 135 Å². The first-order chi connectivity index (χ1) is 11.2. The van der Waals surface area contributed by atoms with E-state index >= 15 is 0 Å². The van der Waals surface area contributed by atoms with Gasteiger partial charge in [-0.15, -0.1) is 0 Å². The Morgan fingerprint density at radius 1 is 0.870 bits per heavy atom. The quantitative estimate of drug-likeness (QED) is 0.722. The van der Waals surface area contributed by atoms with Crippen LogP contribution in [0.25, 0.3) is 5.69 Å². The molecule has 0 spiro atoms. The summed E-state index contributed by atoms with van der Waals surface area (Å²) in [6.07, 6.45) is 4.95. The number of rotatable bonds is 4. The fraction of sp³-hybridized carbons (Fsp3) is 0.105. The largest absolute Gasteiger partial charge is 0.324 e. The number of hydrogen-bond donors (Lipinski definition) is 2. The monoisotopic (exact) mass is 305 g/mol. The first kappa shape index (κ1) is 14.9. The Kier molecular flexibility index (Phi) is 4.43. The Hall–Kier alpha value is -3.01. The van der Waals surface area contributed by atoms with Crippen molar-refractivity contribution < 1.29 is 4.79 Å². The summed E-state index contributed by atoms with van der Waals surface area (Å²) >= 11 is 0. The van der Waals surface area contributed by atoms with Gasteiger partial charge in [-0.25, -0.2) is 4.79 Å². The van der Waals surface area contributed by atoms with Crippen LogP contribution >= 0.6 is 0 Å². The number of carbonyl (C=O) groups excluding carboxylic acids is 1. The van der Waals surface area contributed by atoms with Gasteiger partial charge in [0.05, 0.1) is 0 Å². The van der Waals surface area contributed by atoms with E-state index in [2.05, 4.69) is 17.6 Å². The fourth-order valence-corrected chi connectivity index (χ4v) is 2.34. The first-order valence-electron chi connectivity index (χ1n) is 7.65. The molecular formula is C19H19N3O. The highest BCUT2D eigenvalue weighted by Gasteiger charge is 2.03. The van der Waals surface area contributed by atoms with Gasteiger partial charge in [0.1, 0.15) is 0 Å². The molecule has 4 nitrogen and oxygen atoms in total. The van der Waals surface area contributed by atoms with E-state index in [1.165, 1.54) is 5.56 Å². The molecule has 1 aromatic heterocycles. The van der Waals surface area contributed by atoms with Crippen molar-refractivity contribution in [3.8, 4) is 5.69 Å². The van der Waals surface area contributed by atoms with E-state index in [4.69, 9.17) is 0 Å². The number of carbonyl (C=O) groups is 1. The third-order valence-electron chi connectivity index (χ3n) is 3.65. The van der Waals surface area contributed by atoms with Crippen molar-refractivity contribution in [2.75, 3.05) is 10.6 Å². The third kappa shape index (κ3) is 3.80. The lowest BCUT2D eigenvalue weighted by Crippen LogP contribution is -2.19. The van der Waals surface area contributed by atoms with E-state index in [-0.39, 0.29) is 6.03 Å². The number of amides is 2. The molecule has 1 heterocycles. The van der Waals surface area contributed by atoms with Crippen LogP contribution in [-0.4, -0.2) is 10.6 Å². The van der Waals surface area contributed by atoms with Crippen LogP contribution in [0.5, 0.6) is 0 Å². The van der Waals surface area contributed by atoms with Gasteiger partial charge in [-0.1, -0.05) is 19.1 Å². The van der Waals surface area contributed by atoms with Crippen molar-refractivity contribution in [1.29, 1.82) is 0 Å². The van der Waals surface area contributed by atoms with Gasteiger partial charge >= 0.3 is 6.03 Å². The normalized spacial score (nSPS) is 10.3. The summed E-state index contributed by atoms with van der Waals surface area (Å²) in [6, 6.07) is 19.3. The van der Waals surface area contributed by atoms with Crippen LogP contribution < -0.4 is 10.6 Å². The molecule has 116 valence electrons. The topological polar surface area (TPSA) is 46.1 Å². The lowest BCUT2D eigenvalue weighted by Gasteiger charge is -2.09. The molecule has 2 amide bonds. The zero-order chi connectivity index (χ0) is 16.1. The van der Waals surface area contributed by atoms with Crippen molar-refractivity contribution in [2.24, 2.45) is 0 Å². The number of aromatic nitrogens is 1. The molecule has 23 heavy (non-hydrogen) atoms. The van der Waals surface area contributed by atoms with Gasteiger partial charge in [-0.2, -0.15) is 0 Å². The summed E-state index contributed by atoms with van der Waals surface area (Å²) in [4.78, 5) is 12.0. The average Bonchev–Trinajstić information content (AvgIpc) is 3.11. The van der Waals surface area contributed by atoms with Crippen LogP contribution in [0, 0.1) is 0 Å². The fourth-order valence-electron chi connectivity index (χ4n) is 2.34. The number of nitrogens with zero attached hydrogens (tertiary/aromatic N) is 1. The summed E-state index contributed by atoms with van der Waals surface area (Å²) in [5, 5.41) is 5.66. The van der Waals surface area contributed by atoms with Gasteiger partial charge in [-0.3, -0.25) is 0 Å². The van der Waals surface area contributed by atoms with Crippen molar-refractivity contribution in [3.05, 3.63) is 78.6 Å². The molecule has 0 bridgehead atoms.